The summed E-state index contributed by atoms with van der Waals surface area (Å²) in [6, 6.07) is 0. The molecule has 1 saturated carbocycles. The molecule has 0 aromatic rings. The molecule has 1 rings (SSSR count). The molecule has 1 atom stereocenters. The van der Waals surface area contributed by atoms with E-state index in [1.54, 1.807) is 6.92 Å². The molecule has 1 unspecified atom stereocenters. The highest BCUT2D eigenvalue weighted by Gasteiger charge is 2.46. The van der Waals surface area contributed by atoms with E-state index in [0.29, 0.717) is 6.42 Å². The van der Waals surface area contributed by atoms with E-state index in [-0.39, 0.29) is 21.8 Å². The van der Waals surface area contributed by atoms with E-state index in [1.165, 1.54) is 6.92 Å². The van der Waals surface area contributed by atoms with E-state index in [1.807, 2.05) is 0 Å². The Morgan fingerprint density at radius 3 is 2.33 bits per heavy atom. The Labute approximate surface area is 80.8 Å². The molecule has 0 heterocycles. The van der Waals surface area contributed by atoms with Crippen molar-refractivity contribution in [1.82, 2.24) is 0 Å². The Morgan fingerprint density at radius 2 is 2.00 bits per heavy atom. The van der Waals surface area contributed by atoms with Crippen molar-refractivity contribution in [2.75, 3.05) is 0 Å². The predicted molar refractivity (Wildman–Crippen MR) is 50.4 cm³/mol. The van der Waals surface area contributed by atoms with E-state index in [2.05, 4.69) is 15.9 Å². The summed E-state index contributed by atoms with van der Waals surface area (Å²) in [4.78, 5) is 22.3. The second kappa shape index (κ2) is 3.29. The zero-order valence-corrected chi connectivity index (χ0v) is 8.98. The highest BCUT2D eigenvalue weighted by molar-refractivity contribution is 9.10. The molecule has 0 aromatic heterocycles. The quantitative estimate of drug-likeness (QED) is 0.697. The second-order valence-corrected chi connectivity index (χ2v) is 5.12. The van der Waals surface area contributed by atoms with Crippen LogP contribution in [0.15, 0.2) is 0 Å². The molecule has 0 amide bonds. The number of carbonyl (C=O) groups excluding carboxylic acids is 2. The summed E-state index contributed by atoms with van der Waals surface area (Å²) >= 11 is 3.37. The first kappa shape index (κ1) is 9.90. The first-order valence-corrected chi connectivity index (χ1v) is 4.98. The summed E-state index contributed by atoms with van der Waals surface area (Å²) in [5, 5.41) is 0. The number of ketones is 2. The molecule has 68 valence electrons. The van der Waals surface area contributed by atoms with E-state index in [0.717, 1.165) is 12.8 Å². The third-order valence-electron chi connectivity index (χ3n) is 2.37. The second-order valence-electron chi connectivity index (χ2n) is 3.60. The molecule has 1 fully saturated rings. The normalized spacial score (nSPS) is 21.6. The van der Waals surface area contributed by atoms with Crippen molar-refractivity contribution in [2.24, 2.45) is 5.92 Å². The first-order chi connectivity index (χ1) is 5.46. The summed E-state index contributed by atoms with van der Waals surface area (Å²) < 4.78 is -0.253. The van der Waals surface area contributed by atoms with Gasteiger partial charge in [-0.15, -0.1) is 0 Å². The SMILES string of the molecule is CC(=O)C(C)CC(=O)C1(Br)CC1. The number of carbonyl (C=O) groups is 2. The maximum atomic E-state index is 11.4. The molecule has 12 heavy (non-hydrogen) atoms. The van der Waals surface area contributed by atoms with Crippen molar-refractivity contribution in [3.05, 3.63) is 0 Å². The van der Waals surface area contributed by atoms with Crippen LogP contribution in [0.25, 0.3) is 0 Å². The average Bonchev–Trinajstić information content (AvgIpc) is 2.69. The summed E-state index contributed by atoms with van der Waals surface area (Å²) in [5.74, 6) is 0.165. The predicted octanol–water partition coefficient (Wildman–Crippen LogP) is 2.10. The van der Waals surface area contributed by atoms with Crippen LogP contribution >= 0.6 is 15.9 Å². The maximum absolute atomic E-state index is 11.4. The van der Waals surface area contributed by atoms with Gasteiger partial charge in [0, 0.05) is 12.3 Å². The van der Waals surface area contributed by atoms with Gasteiger partial charge < -0.3 is 0 Å². The molecule has 3 heteroatoms. The van der Waals surface area contributed by atoms with E-state index in [4.69, 9.17) is 0 Å². The van der Waals surface area contributed by atoms with Crippen LogP contribution in [-0.4, -0.2) is 15.9 Å². The van der Waals surface area contributed by atoms with Crippen molar-refractivity contribution in [3.8, 4) is 0 Å². The third kappa shape index (κ3) is 2.16. The zero-order chi connectivity index (χ0) is 9.35. The number of hydrogen-bond acceptors (Lipinski definition) is 2. The van der Waals surface area contributed by atoms with Crippen LogP contribution in [0.4, 0.5) is 0 Å². The molecule has 0 aromatic carbocycles. The molecule has 2 nitrogen and oxygen atoms in total. The van der Waals surface area contributed by atoms with Gasteiger partial charge in [0.1, 0.15) is 11.6 Å². The third-order valence-corrected chi connectivity index (χ3v) is 3.61. The average molecular weight is 233 g/mol. The molecule has 0 bridgehead atoms. The molecular formula is C9H13BrO2. The highest BCUT2D eigenvalue weighted by atomic mass is 79.9. The number of halogens is 1. The molecule has 0 saturated heterocycles. The van der Waals surface area contributed by atoms with Crippen molar-refractivity contribution < 1.29 is 9.59 Å². The van der Waals surface area contributed by atoms with Gasteiger partial charge in [-0.05, 0) is 19.8 Å². The van der Waals surface area contributed by atoms with E-state index in [9.17, 15) is 9.59 Å². The van der Waals surface area contributed by atoms with Crippen molar-refractivity contribution in [2.45, 2.75) is 37.4 Å². The fourth-order valence-electron chi connectivity index (χ4n) is 0.993. The fraction of sp³-hybridized carbons (Fsp3) is 0.778. The molecule has 1 aliphatic carbocycles. The minimum absolute atomic E-state index is 0.0973. The molecule has 0 spiro atoms. The van der Waals surface area contributed by atoms with Gasteiger partial charge in [-0.1, -0.05) is 22.9 Å². The Balaban J connectivity index is 2.41. The summed E-state index contributed by atoms with van der Waals surface area (Å²) in [6.07, 6.45) is 2.24. The molecule has 0 aliphatic heterocycles. The molecule has 1 aliphatic rings. The summed E-state index contributed by atoms with van der Waals surface area (Å²) in [6.45, 7) is 3.34. The Kier molecular flexibility index (Phi) is 2.71. The lowest BCUT2D eigenvalue weighted by Crippen LogP contribution is -2.20. The lowest BCUT2D eigenvalue weighted by molar-refractivity contribution is -0.126. The number of alkyl halides is 1. The number of hydrogen-bond donors (Lipinski definition) is 0. The Morgan fingerprint density at radius 1 is 1.50 bits per heavy atom. The topological polar surface area (TPSA) is 34.1 Å². The minimum atomic E-state index is -0.253. The van der Waals surface area contributed by atoms with Crippen LogP contribution in [0.5, 0.6) is 0 Å². The van der Waals surface area contributed by atoms with Crippen LogP contribution in [0.2, 0.25) is 0 Å². The highest BCUT2D eigenvalue weighted by Crippen LogP contribution is 2.46. The van der Waals surface area contributed by atoms with Crippen LogP contribution in [-0.2, 0) is 9.59 Å². The molecule has 0 radical (unpaired) electrons. The first-order valence-electron chi connectivity index (χ1n) is 4.18. The van der Waals surface area contributed by atoms with Crippen molar-refractivity contribution in [1.29, 1.82) is 0 Å². The van der Waals surface area contributed by atoms with E-state index >= 15 is 0 Å². The van der Waals surface area contributed by atoms with Gasteiger partial charge >= 0.3 is 0 Å². The standard InChI is InChI=1S/C9H13BrO2/c1-6(7(2)11)5-8(12)9(10)3-4-9/h6H,3-5H2,1-2H3. The largest absolute Gasteiger partial charge is 0.300 e. The molecular weight excluding hydrogens is 220 g/mol. The van der Waals surface area contributed by atoms with E-state index < -0.39 is 0 Å². The number of Topliss-reactive ketones (excluding diaryl/α,β-unsaturated/α-hetero) is 2. The maximum Gasteiger partial charge on any atom is 0.150 e. The fourth-order valence-corrected chi connectivity index (χ4v) is 1.35. The lowest BCUT2D eigenvalue weighted by Gasteiger charge is -2.08. The minimum Gasteiger partial charge on any atom is -0.300 e. The summed E-state index contributed by atoms with van der Waals surface area (Å²) in [5.41, 5.74) is 0. The Bertz CT molecular complexity index is 219. The van der Waals surface area contributed by atoms with Crippen molar-refractivity contribution >= 4 is 27.5 Å². The van der Waals surface area contributed by atoms with Gasteiger partial charge in [-0.3, -0.25) is 9.59 Å². The number of rotatable bonds is 4. The van der Waals surface area contributed by atoms with Crippen LogP contribution < -0.4 is 0 Å². The van der Waals surface area contributed by atoms with Gasteiger partial charge in [0.25, 0.3) is 0 Å². The van der Waals surface area contributed by atoms with Crippen LogP contribution in [0, 0.1) is 5.92 Å². The van der Waals surface area contributed by atoms with Gasteiger partial charge in [-0.25, -0.2) is 0 Å². The lowest BCUT2D eigenvalue weighted by atomic mass is 9.99. The van der Waals surface area contributed by atoms with Crippen LogP contribution in [0.1, 0.15) is 33.1 Å². The van der Waals surface area contributed by atoms with Gasteiger partial charge in [-0.2, -0.15) is 0 Å². The smallest absolute Gasteiger partial charge is 0.150 e. The van der Waals surface area contributed by atoms with Crippen molar-refractivity contribution in [3.63, 3.8) is 0 Å². The van der Waals surface area contributed by atoms with Gasteiger partial charge in [0.05, 0.1) is 4.32 Å². The zero-order valence-electron chi connectivity index (χ0n) is 7.39. The monoisotopic (exact) mass is 232 g/mol. The molecule has 0 N–H and O–H groups in total. The van der Waals surface area contributed by atoms with Gasteiger partial charge in [0.2, 0.25) is 0 Å². The van der Waals surface area contributed by atoms with Gasteiger partial charge in [0.15, 0.2) is 0 Å². The summed E-state index contributed by atoms with van der Waals surface area (Å²) in [7, 11) is 0. The van der Waals surface area contributed by atoms with Crippen LogP contribution in [0.3, 0.4) is 0 Å². The Hall–Kier alpha value is -0.180.